The molecule has 3 rings (SSSR count). The van der Waals surface area contributed by atoms with Gasteiger partial charge in [0.25, 0.3) is 0 Å². The average molecular weight is 236 g/mol. The van der Waals surface area contributed by atoms with Crippen molar-refractivity contribution in [1.82, 2.24) is 0 Å². The normalized spacial score (nSPS) is 25.2. The number of hydrogen-bond donors (Lipinski definition) is 1. The van der Waals surface area contributed by atoms with E-state index in [0.717, 1.165) is 36.5 Å². The molecule has 1 saturated heterocycles. The standard InChI is InChI=1S/C13H16O2S/c14-12(10-5-7-16-8-10)11-3-1-2-9-4-6-15-13(9)11/h1-3,10,12,14H,4-8H2. The van der Waals surface area contributed by atoms with Gasteiger partial charge in [0.15, 0.2) is 0 Å². The van der Waals surface area contributed by atoms with Crippen LogP contribution in [0.5, 0.6) is 5.75 Å². The number of hydrogen-bond acceptors (Lipinski definition) is 3. The number of thioether (sulfide) groups is 1. The second-order valence-electron chi connectivity index (χ2n) is 4.50. The molecule has 2 aliphatic rings. The number of fused-ring (bicyclic) bond motifs is 1. The SMILES string of the molecule is OC(c1cccc2c1OCC2)C1CCSC1. The van der Waals surface area contributed by atoms with Crippen LogP contribution in [0, 0.1) is 5.92 Å². The molecule has 0 aliphatic carbocycles. The lowest BCUT2D eigenvalue weighted by Crippen LogP contribution is -2.12. The van der Waals surface area contributed by atoms with E-state index in [2.05, 4.69) is 6.07 Å². The van der Waals surface area contributed by atoms with E-state index in [1.165, 1.54) is 11.3 Å². The van der Waals surface area contributed by atoms with Crippen molar-refractivity contribution in [3.63, 3.8) is 0 Å². The largest absolute Gasteiger partial charge is 0.493 e. The molecule has 0 bridgehead atoms. The van der Waals surface area contributed by atoms with Gasteiger partial charge in [-0.3, -0.25) is 0 Å². The molecule has 1 fully saturated rings. The van der Waals surface area contributed by atoms with Gasteiger partial charge in [0.05, 0.1) is 12.7 Å². The van der Waals surface area contributed by atoms with Crippen LogP contribution in [-0.4, -0.2) is 23.2 Å². The van der Waals surface area contributed by atoms with Crippen LogP contribution in [0.1, 0.15) is 23.7 Å². The highest BCUT2D eigenvalue weighted by Crippen LogP contribution is 2.40. The summed E-state index contributed by atoms with van der Waals surface area (Å²) in [5, 5.41) is 10.4. The third-order valence-electron chi connectivity index (χ3n) is 3.47. The van der Waals surface area contributed by atoms with Crippen LogP contribution in [-0.2, 0) is 6.42 Å². The molecule has 0 aromatic heterocycles. The van der Waals surface area contributed by atoms with Gasteiger partial charge in [0, 0.05) is 12.0 Å². The van der Waals surface area contributed by atoms with Gasteiger partial charge < -0.3 is 9.84 Å². The Labute approximate surface area is 100 Å². The second-order valence-corrected chi connectivity index (χ2v) is 5.65. The van der Waals surface area contributed by atoms with Gasteiger partial charge >= 0.3 is 0 Å². The number of rotatable bonds is 2. The lowest BCUT2D eigenvalue weighted by atomic mass is 9.93. The summed E-state index contributed by atoms with van der Waals surface area (Å²) in [5.41, 5.74) is 2.25. The number of benzene rings is 1. The summed E-state index contributed by atoms with van der Waals surface area (Å²) in [4.78, 5) is 0. The minimum absolute atomic E-state index is 0.344. The van der Waals surface area contributed by atoms with Crippen LogP contribution in [0.4, 0.5) is 0 Å². The predicted octanol–water partition coefficient (Wildman–Crippen LogP) is 2.41. The van der Waals surface area contributed by atoms with E-state index in [4.69, 9.17) is 4.74 Å². The van der Waals surface area contributed by atoms with E-state index in [-0.39, 0.29) is 6.10 Å². The summed E-state index contributed by atoms with van der Waals surface area (Å²) < 4.78 is 5.64. The van der Waals surface area contributed by atoms with Crippen molar-refractivity contribution in [2.75, 3.05) is 18.1 Å². The van der Waals surface area contributed by atoms with Gasteiger partial charge in [0.1, 0.15) is 5.75 Å². The van der Waals surface area contributed by atoms with E-state index < -0.39 is 0 Å². The van der Waals surface area contributed by atoms with Gasteiger partial charge in [-0.25, -0.2) is 0 Å². The lowest BCUT2D eigenvalue weighted by Gasteiger charge is -2.19. The highest BCUT2D eigenvalue weighted by molar-refractivity contribution is 7.99. The Morgan fingerprint density at radius 1 is 1.44 bits per heavy atom. The van der Waals surface area contributed by atoms with Gasteiger partial charge in [-0.15, -0.1) is 0 Å². The molecule has 2 nitrogen and oxygen atoms in total. The number of para-hydroxylation sites is 1. The van der Waals surface area contributed by atoms with Crippen LogP contribution >= 0.6 is 11.8 Å². The molecule has 1 aromatic rings. The van der Waals surface area contributed by atoms with Gasteiger partial charge in [-0.2, -0.15) is 11.8 Å². The Bertz CT molecular complexity index is 386. The van der Waals surface area contributed by atoms with E-state index in [9.17, 15) is 5.11 Å². The van der Waals surface area contributed by atoms with Crippen LogP contribution < -0.4 is 4.74 Å². The van der Waals surface area contributed by atoms with E-state index >= 15 is 0 Å². The highest BCUT2D eigenvalue weighted by Gasteiger charge is 2.29. The van der Waals surface area contributed by atoms with Crippen molar-refractivity contribution in [2.45, 2.75) is 18.9 Å². The second kappa shape index (κ2) is 4.30. The first-order chi connectivity index (χ1) is 7.86. The van der Waals surface area contributed by atoms with Crippen molar-refractivity contribution in [2.24, 2.45) is 5.92 Å². The third-order valence-corrected chi connectivity index (χ3v) is 4.66. The van der Waals surface area contributed by atoms with Crippen molar-refractivity contribution >= 4 is 11.8 Å². The molecule has 0 radical (unpaired) electrons. The quantitative estimate of drug-likeness (QED) is 0.855. The molecule has 1 N–H and O–H groups in total. The Morgan fingerprint density at radius 2 is 2.38 bits per heavy atom. The summed E-state index contributed by atoms with van der Waals surface area (Å²) in [6.45, 7) is 0.762. The molecule has 3 heteroatoms. The Balaban J connectivity index is 1.91. The maximum absolute atomic E-state index is 10.4. The summed E-state index contributed by atoms with van der Waals surface area (Å²) in [6.07, 6.45) is 1.76. The van der Waals surface area contributed by atoms with Crippen LogP contribution in [0.25, 0.3) is 0 Å². The van der Waals surface area contributed by atoms with Crippen molar-refractivity contribution in [3.05, 3.63) is 29.3 Å². The summed E-state index contributed by atoms with van der Waals surface area (Å²) in [5.74, 6) is 3.61. The minimum Gasteiger partial charge on any atom is -0.493 e. The summed E-state index contributed by atoms with van der Waals surface area (Å²) >= 11 is 1.94. The van der Waals surface area contributed by atoms with Crippen LogP contribution in [0.15, 0.2) is 18.2 Å². The Hall–Kier alpha value is -0.670. The van der Waals surface area contributed by atoms with Gasteiger partial charge in [-0.1, -0.05) is 18.2 Å². The first kappa shape index (κ1) is 10.5. The number of aliphatic hydroxyl groups is 1. The summed E-state index contributed by atoms with van der Waals surface area (Å²) in [6, 6.07) is 6.15. The number of aliphatic hydroxyl groups excluding tert-OH is 1. The first-order valence-corrected chi connectivity index (χ1v) is 7.02. The average Bonchev–Trinajstić information content (AvgIpc) is 2.98. The molecule has 0 spiro atoms. The smallest absolute Gasteiger partial charge is 0.128 e. The molecule has 86 valence electrons. The topological polar surface area (TPSA) is 29.5 Å². The Morgan fingerprint density at radius 3 is 3.19 bits per heavy atom. The zero-order valence-electron chi connectivity index (χ0n) is 9.19. The van der Waals surface area contributed by atoms with E-state index in [1.54, 1.807) is 0 Å². The zero-order valence-corrected chi connectivity index (χ0v) is 10.0. The molecule has 0 saturated carbocycles. The first-order valence-electron chi connectivity index (χ1n) is 5.86. The molecule has 1 aromatic carbocycles. The minimum atomic E-state index is -0.344. The zero-order chi connectivity index (χ0) is 11.0. The molecular formula is C13H16O2S. The fourth-order valence-electron chi connectivity index (χ4n) is 2.53. The number of ether oxygens (including phenoxy) is 1. The van der Waals surface area contributed by atoms with Crippen LogP contribution in [0.3, 0.4) is 0 Å². The third kappa shape index (κ3) is 1.72. The van der Waals surface area contributed by atoms with Gasteiger partial charge in [-0.05, 0) is 29.4 Å². The molecule has 16 heavy (non-hydrogen) atoms. The molecule has 2 aliphatic heterocycles. The molecule has 0 amide bonds. The van der Waals surface area contributed by atoms with Crippen molar-refractivity contribution in [3.8, 4) is 5.75 Å². The van der Waals surface area contributed by atoms with Crippen molar-refractivity contribution in [1.29, 1.82) is 0 Å². The van der Waals surface area contributed by atoms with E-state index in [0.29, 0.717) is 5.92 Å². The fourth-order valence-corrected chi connectivity index (χ4v) is 3.82. The molecule has 2 heterocycles. The predicted molar refractivity (Wildman–Crippen MR) is 66.0 cm³/mol. The maximum Gasteiger partial charge on any atom is 0.128 e. The summed E-state index contributed by atoms with van der Waals surface area (Å²) in [7, 11) is 0. The van der Waals surface area contributed by atoms with E-state index in [1.807, 2.05) is 23.9 Å². The molecule has 2 unspecified atom stereocenters. The van der Waals surface area contributed by atoms with Crippen molar-refractivity contribution < 1.29 is 9.84 Å². The Kier molecular flexibility index (Phi) is 2.82. The molecule has 2 atom stereocenters. The monoisotopic (exact) mass is 236 g/mol. The lowest BCUT2D eigenvalue weighted by molar-refractivity contribution is 0.118. The van der Waals surface area contributed by atoms with Crippen LogP contribution in [0.2, 0.25) is 0 Å². The molecular weight excluding hydrogens is 220 g/mol. The fraction of sp³-hybridized carbons (Fsp3) is 0.538. The van der Waals surface area contributed by atoms with Gasteiger partial charge in [0.2, 0.25) is 0 Å². The highest BCUT2D eigenvalue weighted by atomic mass is 32.2. The maximum atomic E-state index is 10.4.